The molecule has 0 amide bonds. The van der Waals surface area contributed by atoms with E-state index in [0.717, 1.165) is 4.88 Å². The van der Waals surface area contributed by atoms with Crippen LogP contribution in [0.4, 0.5) is 11.4 Å². The molecule has 6 heteroatoms. The van der Waals surface area contributed by atoms with Crippen LogP contribution in [0.5, 0.6) is 0 Å². The molecule has 0 aliphatic rings. The minimum atomic E-state index is -0.488. The highest BCUT2D eigenvalue weighted by atomic mass is 32.1. The summed E-state index contributed by atoms with van der Waals surface area (Å²) in [5.74, 6) is 0. The number of nitriles is 1. The zero-order valence-electron chi connectivity index (χ0n) is 9.29. The third-order valence-corrected chi connectivity index (χ3v) is 3.23. The molecule has 0 radical (unpaired) electrons. The Kier molecular flexibility index (Phi) is 3.55. The standard InChI is InChI=1S/C12H9N3O2S/c13-7-9-3-4-11(12(6-9)15(16)17)14-8-10-2-1-5-18-10/h1-6,14H,8H2. The summed E-state index contributed by atoms with van der Waals surface area (Å²) in [6, 6.07) is 10.2. The van der Waals surface area contributed by atoms with Crippen LogP contribution in [0.2, 0.25) is 0 Å². The number of hydrogen-bond donors (Lipinski definition) is 1. The highest BCUT2D eigenvalue weighted by Crippen LogP contribution is 2.26. The van der Waals surface area contributed by atoms with E-state index in [1.54, 1.807) is 23.5 Å². The highest BCUT2D eigenvalue weighted by Gasteiger charge is 2.14. The summed E-state index contributed by atoms with van der Waals surface area (Å²) in [7, 11) is 0. The number of benzene rings is 1. The largest absolute Gasteiger partial charge is 0.375 e. The zero-order valence-corrected chi connectivity index (χ0v) is 10.1. The van der Waals surface area contributed by atoms with Crippen molar-refractivity contribution in [3.63, 3.8) is 0 Å². The number of nitrogens with one attached hydrogen (secondary N) is 1. The Morgan fingerprint density at radius 3 is 2.89 bits per heavy atom. The predicted octanol–water partition coefficient (Wildman–Crippen LogP) is 3.14. The molecular formula is C12H9N3O2S. The number of hydrogen-bond acceptors (Lipinski definition) is 5. The summed E-state index contributed by atoms with van der Waals surface area (Å²) in [5.41, 5.74) is 0.626. The van der Waals surface area contributed by atoms with Gasteiger partial charge in [0.15, 0.2) is 0 Å². The van der Waals surface area contributed by atoms with Crippen LogP contribution in [-0.2, 0) is 6.54 Å². The molecule has 0 aliphatic heterocycles. The van der Waals surface area contributed by atoms with Crippen LogP contribution in [0.15, 0.2) is 35.7 Å². The van der Waals surface area contributed by atoms with Gasteiger partial charge >= 0.3 is 0 Å². The van der Waals surface area contributed by atoms with Gasteiger partial charge in [-0.1, -0.05) is 6.07 Å². The average Bonchev–Trinajstić information content (AvgIpc) is 2.89. The van der Waals surface area contributed by atoms with Gasteiger partial charge in [-0.25, -0.2) is 0 Å². The van der Waals surface area contributed by atoms with Crippen molar-refractivity contribution in [2.75, 3.05) is 5.32 Å². The van der Waals surface area contributed by atoms with Crippen LogP contribution in [-0.4, -0.2) is 4.92 Å². The molecule has 1 heterocycles. The van der Waals surface area contributed by atoms with Gasteiger partial charge < -0.3 is 5.32 Å². The second-order valence-electron chi connectivity index (χ2n) is 3.53. The lowest BCUT2D eigenvalue weighted by atomic mass is 10.2. The molecule has 0 saturated carbocycles. The molecule has 0 unspecified atom stereocenters. The van der Waals surface area contributed by atoms with Crippen LogP contribution in [0.3, 0.4) is 0 Å². The molecule has 1 aromatic heterocycles. The van der Waals surface area contributed by atoms with Crippen LogP contribution in [0, 0.1) is 21.4 Å². The highest BCUT2D eigenvalue weighted by molar-refractivity contribution is 7.09. The lowest BCUT2D eigenvalue weighted by Crippen LogP contribution is -2.01. The van der Waals surface area contributed by atoms with E-state index in [0.29, 0.717) is 12.2 Å². The molecule has 0 spiro atoms. The first-order valence-corrected chi connectivity index (χ1v) is 6.03. The Hall–Kier alpha value is -2.39. The summed E-state index contributed by atoms with van der Waals surface area (Å²) in [6.45, 7) is 0.532. The third kappa shape index (κ3) is 2.64. The SMILES string of the molecule is N#Cc1ccc(NCc2cccs2)c([N+](=O)[O-])c1. The fourth-order valence-corrected chi connectivity index (χ4v) is 2.14. The van der Waals surface area contributed by atoms with Crippen molar-refractivity contribution in [1.82, 2.24) is 0 Å². The van der Waals surface area contributed by atoms with Crippen LogP contribution in [0.1, 0.15) is 10.4 Å². The van der Waals surface area contributed by atoms with E-state index in [-0.39, 0.29) is 11.3 Å². The van der Waals surface area contributed by atoms with Crippen LogP contribution in [0.25, 0.3) is 0 Å². The molecule has 90 valence electrons. The number of rotatable bonds is 4. The normalized spacial score (nSPS) is 9.72. The van der Waals surface area contributed by atoms with Crippen LogP contribution >= 0.6 is 11.3 Å². The number of nitro groups is 1. The van der Waals surface area contributed by atoms with Gasteiger partial charge in [-0.2, -0.15) is 5.26 Å². The van der Waals surface area contributed by atoms with Gasteiger partial charge in [-0.05, 0) is 23.6 Å². The average molecular weight is 259 g/mol. The maximum atomic E-state index is 10.9. The van der Waals surface area contributed by atoms with Gasteiger partial charge in [0.25, 0.3) is 5.69 Å². The quantitative estimate of drug-likeness (QED) is 0.675. The van der Waals surface area contributed by atoms with Crippen LogP contribution < -0.4 is 5.32 Å². The Morgan fingerprint density at radius 1 is 1.44 bits per heavy atom. The Balaban J connectivity index is 2.22. The number of nitrogens with zero attached hydrogens (tertiary/aromatic N) is 2. The van der Waals surface area contributed by atoms with E-state index in [1.165, 1.54) is 6.07 Å². The fraction of sp³-hybridized carbons (Fsp3) is 0.0833. The Bertz CT molecular complexity index is 602. The van der Waals surface area contributed by atoms with Crippen molar-refractivity contribution >= 4 is 22.7 Å². The van der Waals surface area contributed by atoms with E-state index < -0.39 is 4.92 Å². The summed E-state index contributed by atoms with van der Waals surface area (Å²) >= 11 is 1.58. The topological polar surface area (TPSA) is 79.0 Å². The third-order valence-electron chi connectivity index (χ3n) is 2.36. The molecule has 2 rings (SSSR count). The predicted molar refractivity (Wildman–Crippen MR) is 69.5 cm³/mol. The molecule has 1 N–H and O–H groups in total. The first-order chi connectivity index (χ1) is 8.70. The smallest absolute Gasteiger partial charge is 0.293 e. The van der Waals surface area contributed by atoms with Gasteiger partial charge in [0.05, 0.1) is 16.6 Å². The van der Waals surface area contributed by atoms with E-state index in [2.05, 4.69) is 5.32 Å². The first kappa shape index (κ1) is 12.1. The molecule has 5 nitrogen and oxygen atoms in total. The number of anilines is 1. The molecule has 2 aromatic rings. The molecule has 0 aliphatic carbocycles. The number of thiophene rings is 1. The second-order valence-corrected chi connectivity index (χ2v) is 4.57. The van der Waals surface area contributed by atoms with Crippen molar-refractivity contribution in [2.24, 2.45) is 0 Å². The van der Waals surface area contributed by atoms with Crippen molar-refractivity contribution in [3.8, 4) is 6.07 Å². The summed E-state index contributed by atoms with van der Waals surface area (Å²) in [4.78, 5) is 11.5. The first-order valence-electron chi connectivity index (χ1n) is 5.15. The molecule has 1 aromatic carbocycles. The second kappa shape index (κ2) is 5.29. The van der Waals surface area contributed by atoms with E-state index in [9.17, 15) is 10.1 Å². The Labute approximate surface area is 107 Å². The van der Waals surface area contributed by atoms with Gasteiger partial charge in [0, 0.05) is 17.5 Å². The van der Waals surface area contributed by atoms with E-state index in [1.807, 2.05) is 23.6 Å². The lowest BCUT2D eigenvalue weighted by molar-refractivity contribution is -0.384. The van der Waals surface area contributed by atoms with Crippen molar-refractivity contribution in [1.29, 1.82) is 5.26 Å². The molecule has 0 bridgehead atoms. The number of nitro benzene ring substituents is 1. The zero-order chi connectivity index (χ0) is 13.0. The Morgan fingerprint density at radius 2 is 2.28 bits per heavy atom. The molecule has 0 atom stereocenters. The van der Waals surface area contributed by atoms with Crippen molar-refractivity contribution in [2.45, 2.75) is 6.54 Å². The van der Waals surface area contributed by atoms with Gasteiger partial charge in [0.1, 0.15) is 5.69 Å². The fourth-order valence-electron chi connectivity index (χ4n) is 1.50. The molecule has 0 fully saturated rings. The van der Waals surface area contributed by atoms with Crippen molar-refractivity contribution < 1.29 is 4.92 Å². The molecule has 18 heavy (non-hydrogen) atoms. The van der Waals surface area contributed by atoms with Gasteiger partial charge in [-0.15, -0.1) is 11.3 Å². The monoisotopic (exact) mass is 259 g/mol. The minimum Gasteiger partial charge on any atom is -0.375 e. The molecule has 0 saturated heterocycles. The minimum absolute atomic E-state index is 0.0781. The van der Waals surface area contributed by atoms with Gasteiger partial charge in [-0.3, -0.25) is 10.1 Å². The van der Waals surface area contributed by atoms with Crippen molar-refractivity contribution in [3.05, 3.63) is 56.3 Å². The maximum absolute atomic E-state index is 10.9. The van der Waals surface area contributed by atoms with E-state index >= 15 is 0 Å². The van der Waals surface area contributed by atoms with E-state index in [4.69, 9.17) is 5.26 Å². The summed E-state index contributed by atoms with van der Waals surface area (Å²) in [5, 5.41) is 24.6. The lowest BCUT2D eigenvalue weighted by Gasteiger charge is -2.05. The summed E-state index contributed by atoms with van der Waals surface area (Å²) in [6.07, 6.45) is 0. The summed E-state index contributed by atoms with van der Waals surface area (Å²) < 4.78 is 0. The van der Waals surface area contributed by atoms with Gasteiger partial charge in [0.2, 0.25) is 0 Å². The molecular weight excluding hydrogens is 250 g/mol. The maximum Gasteiger partial charge on any atom is 0.293 e.